The largest absolute Gasteiger partial charge is 0.497 e. The van der Waals surface area contributed by atoms with Gasteiger partial charge in [0, 0.05) is 13.2 Å². The van der Waals surface area contributed by atoms with Crippen LogP contribution in [0.25, 0.3) is 0 Å². The number of rotatable bonds is 8. The van der Waals surface area contributed by atoms with Gasteiger partial charge in [-0.05, 0) is 24.3 Å². The van der Waals surface area contributed by atoms with Crippen LogP contribution in [0.2, 0.25) is 0 Å². The monoisotopic (exact) mass is 357 g/mol. The number of hydrogen-bond acceptors (Lipinski definition) is 6. The molecular formula is C18H19N3O5. The maximum Gasteiger partial charge on any atom is 0.291 e. The average molecular weight is 357 g/mol. The molecule has 3 rings (SSSR count). The van der Waals surface area contributed by atoms with Gasteiger partial charge in [0.1, 0.15) is 30.6 Å². The van der Waals surface area contributed by atoms with E-state index < -0.39 is 0 Å². The molecule has 1 N–H and O–H groups in total. The van der Waals surface area contributed by atoms with Crippen molar-refractivity contribution in [2.75, 3.05) is 19.5 Å². The van der Waals surface area contributed by atoms with Crippen molar-refractivity contribution in [1.82, 2.24) is 9.78 Å². The fraction of sp³-hybridized carbons (Fsp3) is 0.222. The maximum atomic E-state index is 12.2. The highest BCUT2D eigenvalue weighted by molar-refractivity contribution is 6.02. The first-order valence-electron chi connectivity index (χ1n) is 7.86. The first-order chi connectivity index (χ1) is 12.7. The molecule has 0 saturated heterocycles. The number of amides is 1. The lowest BCUT2D eigenvalue weighted by Gasteiger charge is -2.06. The third-order valence-corrected chi connectivity index (χ3v) is 3.46. The second-order valence-corrected chi connectivity index (χ2v) is 5.37. The normalized spacial score (nSPS) is 10.5. The Labute approximate surface area is 150 Å². The van der Waals surface area contributed by atoms with E-state index in [9.17, 15) is 4.79 Å². The van der Waals surface area contributed by atoms with Gasteiger partial charge in [-0.15, -0.1) is 0 Å². The summed E-state index contributed by atoms with van der Waals surface area (Å²) in [6, 6.07) is 10.5. The van der Waals surface area contributed by atoms with E-state index in [4.69, 9.17) is 18.6 Å². The van der Waals surface area contributed by atoms with Crippen molar-refractivity contribution in [1.29, 1.82) is 0 Å². The number of methoxy groups -OCH3 is 2. The lowest BCUT2D eigenvalue weighted by Crippen LogP contribution is -2.10. The molecule has 0 saturated carbocycles. The third-order valence-electron chi connectivity index (χ3n) is 3.46. The van der Waals surface area contributed by atoms with Gasteiger partial charge in [-0.3, -0.25) is 4.79 Å². The minimum absolute atomic E-state index is 0.189. The molecule has 0 aliphatic rings. The summed E-state index contributed by atoms with van der Waals surface area (Å²) >= 11 is 0. The van der Waals surface area contributed by atoms with Crippen LogP contribution in [0.5, 0.6) is 11.5 Å². The molecule has 1 amide bonds. The van der Waals surface area contributed by atoms with E-state index in [2.05, 4.69) is 10.4 Å². The highest BCUT2D eigenvalue weighted by Gasteiger charge is 2.13. The second-order valence-electron chi connectivity index (χ2n) is 5.37. The summed E-state index contributed by atoms with van der Waals surface area (Å²) in [5.41, 5.74) is 0.553. The van der Waals surface area contributed by atoms with E-state index >= 15 is 0 Å². The molecule has 2 heterocycles. The molecule has 0 unspecified atom stereocenters. The number of ether oxygens (including phenoxy) is 3. The van der Waals surface area contributed by atoms with Crippen molar-refractivity contribution in [2.45, 2.75) is 13.3 Å². The summed E-state index contributed by atoms with van der Waals surface area (Å²) in [5.74, 6) is 1.71. The number of aromatic nitrogens is 2. The summed E-state index contributed by atoms with van der Waals surface area (Å²) in [7, 11) is 3.16. The first-order valence-corrected chi connectivity index (χ1v) is 7.86. The van der Waals surface area contributed by atoms with Crippen molar-refractivity contribution in [2.24, 2.45) is 0 Å². The second kappa shape index (κ2) is 8.21. The number of benzene rings is 1. The molecule has 0 fully saturated rings. The molecule has 0 atom stereocenters. The third kappa shape index (κ3) is 4.42. The van der Waals surface area contributed by atoms with Crippen molar-refractivity contribution in [3.05, 3.63) is 60.3 Å². The Hall–Kier alpha value is -3.26. The fourth-order valence-electron chi connectivity index (χ4n) is 2.25. The van der Waals surface area contributed by atoms with E-state index in [0.717, 1.165) is 0 Å². The average Bonchev–Trinajstić information content (AvgIpc) is 3.30. The number of nitrogens with zero attached hydrogens (tertiary/aromatic N) is 2. The smallest absolute Gasteiger partial charge is 0.291 e. The quantitative estimate of drug-likeness (QED) is 0.667. The lowest BCUT2D eigenvalue weighted by atomic mass is 10.3. The Balaban J connectivity index is 1.57. The van der Waals surface area contributed by atoms with Gasteiger partial charge in [0.25, 0.3) is 5.91 Å². The number of nitrogens with one attached hydrogen (secondary N) is 1. The van der Waals surface area contributed by atoms with Crippen LogP contribution >= 0.6 is 0 Å². The van der Waals surface area contributed by atoms with Gasteiger partial charge in [0.15, 0.2) is 5.76 Å². The van der Waals surface area contributed by atoms with E-state index in [-0.39, 0.29) is 18.3 Å². The van der Waals surface area contributed by atoms with Gasteiger partial charge in [0.2, 0.25) is 0 Å². The van der Waals surface area contributed by atoms with Crippen molar-refractivity contribution in [3.63, 3.8) is 0 Å². The zero-order valence-corrected chi connectivity index (χ0v) is 14.5. The van der Waals surface area contributed by atoms with Crippen molar-refractivity contribution >= 4 is 11.6 Å². The molecule has 0 radical (unpaired) electrons. The van der Waals surface area contributed by atoms with Crippen LogP contribution in [0.1, 0.15) is 16.3 Å². The summed E-state index contributed by atoms with van der Waals surface area (Å²) in [6.45, 7) is 0.509. The molecule has 0 aliphatic carbocycles. The molecule has 8 nitrogen and oxygen atoms in total. The van der Waals surface area contributed by atoms with Crippen molar-refractivity contribution in [3.8, 4) is 11.5 Å². The summed E-state index contributed by atoms with van der Waals surface area (Å²) in [4.78, 5) is 12.2. The van der Waals surface area contributed by atoms with E-state index in [1.165, 1.54) is 6.20 Å². The van der Waals surface area contributed by atoms with Gasteiger partial charge < -0.3 is 23.9 Å². The molecule has 0 aliphatic heterocycles. The molecule has 0 bridgehead atoms. The van der Waals surface area contributed by atoms with Gasteiger partial charge in [-0.1, -0.05) is 6.07 Å². The number of anilines is 1. The first kappa shape index (κ1) is 17.6. The van der Waals surface area contributed by atoms with Crippen LogP contribution in [0, 0.1) is 0 Å². The molecule has 1 aromatic carbocycles. The summed E-state index contributed by atoms with van der Waals surface area (Å²) < 4.78 is 22.8. The minimum Gasteiger partial charge on any atom is -0.497 e. The van der Waals surface area contributed by atoms with Gasteiger partial charge in [-0.2, -0.15) is 5.10 Å². The number of hydrogen-bond donors (Lipinski definition) is 1. The lowest BCUT2D eigenvalue weighted by molar-refractivity contribution is 0.0992. The molecule has 8 heteroatoms. The van der Waals surface area contributed by atoms with Gasteiger partial charge >= 0.3 is 0 Å². The summed E-state index contributed by atoms with van der Waals surface area (Å²) in [6.07, 6.45) is 3.20. The number of carbonyl (C=O) groups is 1. The maximum absolute atomic E-state index is 12.2. The fourth-order valence-corrected chi connectivity index (χ4v) is 2.25. The molecule has 2 aromatic heterocycles. The van der Waals surface area contributed by atoms with Crippen LogP contribution in [0.15, 0.2) is 53.2 Å². The molecule has 136 valence electrons. The van der Waals surface area contributed by atoms with Crippen molar-refractivity contribution < 1.29 is 23.4 Å². The highest BCUT2D eigenvalue weighted by atomic mass is 16.5. The predicted molar refractivity (Wildman–Crippen MR) is 93.2 cm³/mol. The Morgan fingerprint density at radius 3 is 2.88 bits per heavy atom. The van der Waals surface area contributed by atoms with Crippen LogP contribution in [-0.2, 0) is 18.1 Å². The number of furan rings is 1. The molecule has 26 heavy (non-hydrogen) atoms. The molecule has 3 aromatic rings. The van der Waals surface area contributed by atoms with E-state index in [1.54, 1.807) is 43.3 Å². The van der Waals surface area contributed by atoms with Crippen LogP contribution in [0.4, 0.5) is 5.69 Å². The zero-order chi connectivity index (χ0) is 18.4. The minimum atomic E-state index is -0.366. The number of carbonyl (C=O) groups excluding carboxylic acids is 1. The zero-order valence-electron chi connectivity index (χ0n) is 14.5. The Bertz CT molecular complexity index is 871. The predicted octanol–water partition coefficient (Wildman–Crippen LogP) is 2.92. The van der Waals surface area contributed by atoms with Gasteiger partial charge in [-0.25, -0.2) is 4.68 Å². The van der Waals surface area contributed by atoms with Crippen LogP contribution in [0.3, 0.4) is 0 Å². The van der Waals surface area contributed by atoms with E-state index in [1.807, 2.05) is 18.2 Å². The standard InChI is InChI=1S/C18H19N3O5/c1-23-12-21-10-13(9-19-21)20-18(22)17-7-6-16(26-17)11-25-15-5-3-4-14(8-15)24-2/h3-10H,11-12H2,1-2H3,(H,20,22). The topological polar surface area (TPSA) is 87.8 Å². The molecular weight excluding hydrogens is 338 g/mol. The van der Waals surface area contributed by atoms with Crippen LogP contribution < -0.4 is 14.8 Å². The SMILES string of the molecule is COCn1cc(NC(=O)c2ccc(COc3cccc(OC)c3)o2)cn1. The van der Waals surface area contributed by atoms with E-state index in [0.29, 0.717) is 29.7 Å². The highest BCUT2D eigenvalue weighted by Crippen LogP contribution is 2.20. The Morgan fingerprint density at radius 2 is 2.08 bits per heavy atom. The van der Waals surface area contributed by atoms with Crippen LogP contribution in [-0.4, -0.2) is 29.9 Å². The van der Waals surface area contributed by atoms with Gasteiger partial charge in [0.05, 0.1) is 25.2 Å². The summed E-state index contributed by atoms with van der Waals surface area (Å²) in [5, 5.41) is 6.76. The molecule has 0 spiro atoms. The Kier molecular flexibility index (Phi) is 5.55. The Morgan fingerprint density at radius 1 is 1.23 bits per heavy atom.